The fraction of sp³-hybridized carbons (Fsp3) is 0.818. The molecule has 0 heterocycles. The van der Waals surface area contributed by atoms with Crippen LogP contribution in [0.3, 0.4) is 0 Å². The predicted octanol–water partition coefficient (Wildman–Crippen LogP) is 1.50. The summed E-state index contributed by atoms with van der Waals surface area (Å²) < 4.78 is 0. The van der Waals surface area contributed by atoms with E-state index in [2.05, 4.69) is 0 Å². The first-order valence-electron chi connectivity index (χ1n) is 5.35. The Morgan fingerprint density at radius 2 is 1.87 bits per heavy atom. The molecule has 1 aliphatic rings. The maximum atomic E-state index is 11.5. The highest BCUT2D eigenvalue weighted by Gasteiger charge is 2.49. The number of rotatable bonds is 4. The zero-order valence-corrected chi connectivity index (χ0v) is 9.78. The molecule has 0 aliphatic heterocycles. The van der Waals surface area contributed by atoms with E-state index in [1.807, 2.05) is 13.8 Å². The molecule has 4 nitrogen and oxygen atoms in total. The molecule has 86 valence electrons. The number of carboxylic acids is 1. The largest absolute Gasteiger partial charge is 0.479 e. The van der Waals surface area contributed by atoms with Crippen LogP contribution in [0.1, 0.15) is 40.5 Å². The maximum Gasteiger partial charge on any atom is 0.329 e. The molecule has 0 aromatic carbocycles. The molecule has 1 unspecified atom stereocenters. The van der Waals surface area contributed by atoms with Crippen LogP contribution in [0.4, 0.5) is 0 Å². The first-order valence-corrected chi connectivity index (χ1v) is 5.35. The second-order valence-corrected chi connectivity index (χ2v) is 4.73. The number of nitrogens with zero attached hydrogens (tertiary/aromatic N) is 1. The number of hydrogen-bond acceptors (Lipinski definition) is 2. The summed E-state index contributed by atoms with van der Waals surface area (Å²) in [4.78, 5) is 24.4. The van der Waals surface area contributed by atoms with Gasteiger partial charge in [-0.1, -0.05) is 13.8 Å². The highest BCUT2D eigenvalue weighted by atomic mass is 16.4. The minimum Gasteiger partial charge on any atom is -0.479 e. The van der Waals surface area contributed by atoms with E-state index in [9.17, 15) is 14.7 Å². The number of hydrogen-bond donors (Lipinski definition) is 1. The lowest BCUT2D eigenvalue weighted by Crippen LogP contribution is -2.58. The van der Waals surface area contributed by atoms with Crippen molar-refractivity contribution >= 4 is 11.9 Å². The number of carbonyl (C=O) groups is 2. The SMILES string of the molecule is CC(=O)N(C1CC1)C(C)(C(=O)O)C(C)C. The lowest BCUT2D eigenvalue weighted by atomic mass is 9.86. The van der Waals surface area contributed by atoms with Gasteiger partial charge in [0.1, 0.15) is 5.54 Å². The van der Waals surface area contributed by atoms with Crippen LogP contribution in [0.2, 0.25) is 0 Å². The van der Waals surface area contributed by atoms with Gasteiger partial charge in [-0.05, 0) is 25.7 Å². The minimum atomic E-state index is -1.08. The summed E-state index contributed by atoms with van der Waals surface area (Å²) in [6, 6.07) is 0.131. The molecule has 1 N–H and O–H groups in total. The molecule has 0 bridgehead atoms. The van der Waals surface area contributed by atoms with Gasteiger partial charge in [0, 0.05) is 13.0 Å². The van der Waals surface area contributed by atoms with Crippen molar-refractivity contribution in [2.24, 2.45) is 5.92 Å². The molecule has 1 atom stereocenters. The van der Waals surface area contributed by atoms with Gasteiger partial charge in [-0.15, -0.1) is 0 Å². The smallest absolute Gasteiger partial charge is 0.329 e. The molecule has 0 saturated heterocycles. The van der Waals surface area contributed by atoms with Crippen LogP contribution in [-0.2, 0) is 9.59 Å². The quantitative estimate of drug-likeness (QED) is 0.769. The normalized spacial score (nSPS) is 19.8. The van der Waals surface area contributed by atoms with Crippen LogP contribution in [0.15, 0.2) is 0 Å². The van der Waals surface area contributed by atoms with Crippen LogP contribution in [0.25, 0.3) is 0 Å². The van der Waals surface area contributed by atoms with E-state index in [1.165, 1.54) is 6.92 Å². The average Bonchev–Trinajstić information content (AvgIpc) is 2.86. The van der Waals surface area contributed by atoms with E-state index < -0.39 is 11.5 Å². The molecule has 15 heavy (non-hydrogen) atoms. The van der Waals surface area contributed by atoms with Crippen LogP contribution in [0, 0.1) is 5.92 Å². The third-order valence-electron chi connectivity index (χ3n) is 3.31. The van der Waals surface area contributed by atoms with Crippen LogP contribution < -0.4 is 0 Å². The molecule has 1 rings (SSSR count). The van der Waals surface area contributed by atoms with Crippen molar-refractivity contribution in [3.8, 4) is 0 Å². The van der Waals surface area contributed by atoms with Gasteiger partial charge < -0.3 is 10.0 Å². The van der Waals surface area contributed by atoms with Gasteiger partial charge in [0.25, 0.3) is 0 Å². The van der Waals surface area contributed by atoms with Crippen molar-refractivity contribution < 1.29 is 14.7 Å². The minimum absolute atomic E-state index is 0.0977. The lowest BCUT2D eigenvalue weighted by Gasteiger charge is -2.40. The van der Waals surface area contributed by atoms with E-state index in [-0.39, 0.29) is 17.9 Å². The van der Waals surface area contributed by atoms with E-state index in [1.54, 1.807) is 11.8 Å². The summed E-state index contributed by atoms with van der Waals surface area (Å²) in [6.45, 7) is 6.76. The number of carboxylic acid groups (broad SMARTS) is 1. The fourth-order valence-electron chi connectivity index (χ4n) is 1.92. The molecule has 1 aliphatic carbocycles. The number of carbonyl (C=O) groups excluding carboxylic acids is 1. The second kappa shape index (κ2) is 3.83. The second-order valence-electron chi connectivity index (χ2n) is 4.73. The number of aliphatic carboxylic acids is 1. The van der Waals surface area contributed by atoms with E-state index in [4.69, 9.17) is 0 Å². The van der Waals surface area contributed by atoms with Gasteiger partial charge in [0.15, 0.2) is 0 Å². The Hall–Kier alpha value is -1.06. The molecule has 1 fully saturated rings. The van der Waals surface area contributed by atoms with Crippen molar-refractivity contribution in [2.45, 2.75) is 52.1 Å². The summed E-state index contributed by atoms with van der Waals surface area (Å²) in [5, 5.41) is 9.30. The third-order valence-corrected chi connectivity index (χ3v) is 3.31. The van der Waals surface area contributed by atoms with E-state index >= 15 is 0 Å². The standard InChI is InChI=1S/C11H19NO3/c1-7(2)11(4,10(14)15)12(8(3)13)9-5-6-9/h7,9H,5-6H2,1-4H3,(H,14,15). The van der Waals surface area contributed by atoms with Gasteiger partial charge in [-0.3, -0.25) is 4.79 Å². The van der Waals surface area contributed by atoms with Gasteiger partial charge >= 0.3 is 5.97 Å². The van der Waals surface area contributed by atoms with Gasteiger partial charge in [-0.2, -0.15) is 0 Å². The average molecular weight is 213 g/mol. The van der Waals surface area contributed by atoms with E-state index in [0.717, 1.165) is 12.8 Å². The van der Waals surface area contributed by atoms with Crippen molar-refractivity contribution in [1.29, 1.82) is 0 Å². The first kappa shape index (κ1) is 12.0. The molecule has 0 radical (unpaired) electrons. The molecule has 0 aromatic rings. The topological polar surface area (TPSA) is 57.6 Å². The van der Waals surface area contributed by atoms with Crippen LogP contribution in [-0.4, -0.2) is 33.5 Å². The van der Waals surface area contributed by atoms with Crippen molar-refractivity contribution in [2.75, 3.05) is 0 Å². The zero-order valence-electron chi connectivity index (χ0n) is 9.78. The first-order chi connectivity index (χ1) is 6.81. The zero-order chi connectivity index (χ0) is 11.8. The van der Waals surface area contributed by atoms with E-state index in [0.29, 0.717) is 0 Å². The molecule has 0 spiro atoms. The molecule has 1 amide bonds. The molecular formula is C11H19NO3. The summed E-state index contributed by atoms with van der Waals surface area (Å²) in [5.41, 5.74) is -1.08. The Balaban J connectivity index is 3.04. The molecule has 4 heteroatoms. The summed E-state index contributed by atoms with van der Waals surface area (Å²) >= 11 is 0. The summed E-state index contributed by atoms with van der Waals surface area (Å²) in [5.74, 6) is -1.16. The lowest BCUT2D eigenvalue weighted by molar-refractivity contribution is -0.161. The third kappa shape index (κ3) is 1.98. The molecular weight excluding hydrogens is 194 g/mol. The number of amides is 1. The van der Waals surface area contributed by atoms with Gasteiger partial charge in [0.05, 0.1) is 0 Å². The van der Waals surface area contributed by atoms with Crippen LogP contribution >= 0.6 is 0 Å². The highest BCUT2D eigenvalue weighted by Crippen LogP contribution is 2.36. The Labute approximate surface area is 90.3 Å². The van der Waals surface area contributed by atoms with Crippen molar-refractivity contribution in [3.63, 3.8) is 0 Å². The molecule has 0 aromatic heterocycles. The van der Waals surface area contributed by atoms with Gasteiger partial charge in [0.2, 0.25) is 5.91 Å². The summed E-state index contributed by atoms with van der Waals surface area (Å²) in [6.07, 6.45) is 1.85. The summed E-state index contributed by atoms with van der Waals surface area (Å²) in [7, 11) is 0. The fourth-order valence-corrected chi connectivity index (χ4v) is 1.92. The Kier molecular flexibility index (Phi) is 3.07. The predicted molar refractivity (Wildman–Crippen MR) is 56.4 cm³/mol. The Morgan fingerprint density at radius 1 is 1.40 bits per heavy atom. The monoisotopic (exact) mass is 213 g/mol. The van der Waals surface area contributed by atoms with Crippen molar-refractivity contribution in [1.82, 2.24) is 4.90 Å². The van der Waals surface area contributed by atoms with Crippen molar-refractivity contribution in [3.05, 3.63) is 0 Å². The molecule has 1 saturated carbocycles. The highest BCUT2D eigenvalue weighted by molar-refractivity contribution is 5.86. The Bertz CT molecular complexity index is 284. The van der Waals surface area contributed by atoms with Crippen LogP contribution in [0.5, 0.6) is 0 Å². The Morgan fingerprint density at radius 3 is 2.07 bits per heavy atom. The maximum absolute atomic E-state index is 11.5. The van der Waals surface area contributed by atoms with Gasteiger partial charge in [-0.25, -0.2) is 4.79 Å².